The molecule has 0 amide bonds. The molecule has 0 saturated heterocycles. The van der Waals surface area contributed by atoms with E-state index in [0.29, 0.717) is 3.43 Å². The van der Waals surface area contributed by atoms with Gasteiger partial charge in [-0.05, 0) is 0 Å². The predicted octanol–water partition coefficient (Wildman–Crippen LogP) is 1.77. The molecule has 0 bridgehead atoms. The van der Waals surface area contributed by atoms with Crippen molar-refractivity contribution in [3.63, 3.8) is 0 Å². The number of hydrogen-bond donors (Lipinski definition) is 0. The minimum absolute atomic E-state index is 0.243. The van der Waals surface area contributed by atoms with Gasteiger partial charge in [0.05, 0.1) is 0 Å². The molecule has 0 aliphatic carbocycles. The van der Waals surface area contributed by atoms with Gasteiger partial charge in [0.15, 0.2) is 0 Å². The first-order valence-corrected chi connectivity index (χ1v) is 6.72. The van der Waals surface area contributed by atoms with E-state index in [4.69, 9.17) is 0 Å². The van der Waals surface area contributed by atoms with Crippen LogP contribution in [0.1, 0.15) is 20.8 Å². The van der Waals surface area contributed by atoms with E-state index >= 15 is 0 Å². The van der Waals surface area contributed by atoms with E-state index < -0.39 is 21.1 Å². The van der Waals surface area contributed by atoms with Crippen molar-refractivity contribution in [3.8, 4) is 0 Å². The van der Waals surface area contributed by atoms with Gasteiger partial charge in [0.1, 0.15) is 0 Å². The van der Waals surface area contributed by atoms with Crippen LogP contribution in [0.15, 0.2) is 18.3 Å². The fourth-order valence-electron chi connectivity index (χ4n) is 0.834. The summed E-state index contributed by atoms with van der Waals surface area (Å²) in [5.41, 5.74) is 0. The topological polar surface area (TPSA) is 12.9 Å². The molecule has 0 saturated carbocycles. The number of aromatic nitrogens is 1. The first kappa shape index (κ1) is 9.96. The van der Waals surface area contributed by atoms with E-state index in [2.05, 4.69) is 25.8 Å². The summed E-state index contributed by atoms with van der Waals surface area (Å²) in [5, 5.41) is 0. The number of nitrogens with zero attached hydrogens (tertiary/aromatic N) is 1. The average Bonchev–Trinajstić information content (AvgIpc) is 1.91. The first-order chi connectivity index (χ1) is 5.47. The van der Waals surface area contributed by atoms with Crippen LogP contribution < -0.4 is 3.71 Å². The molecule has 2 radical (unpaired) electrons. The van der Waals surface area contributed by atoms with Gasteiger partial charge in [-0.15, -0.1) is 0 Å². The third kappa shape index (κ3) is 3.52. The Morgan fingerprint density at radius 3 is 2.42 bits per heavy atom. The third-order valence-electron chi connectivity index (χ3n) is 1.23. The van der Waals surface area contributed by atoms with E-state index in [9.17, 15) is 4.39 Å². The van der Waals surface area contributed by atoms with Crippen molar-refractivity contribution in [1.82, 2.24) is 4.98 Å². The molecule has 1 nitrogen and oxygen atoms in total. The molecule has 1 rings (SSSR count). The van der Waals surface area contributed by atoms with E-state index in [1.807, 2.05) is 6.07 Å². The molecule has 12 heavy (non-hydrogen) atoms. The van der Waals surface area contributed by atoms with Gasteiger partial charge in [-0.3, -0.25) is 0 Å². The second-order valence-electron chi connectivity index (χ2n) is 3.74. The number of rotatable bonds is 1. The minimum atomic E-state index is -0.647. The predicted molar refractivity (Wildman–Crippen MR) is 49.3 cm³/mol. The van der Waals surface area contributed by atoms with Crippen molar-refractivity contribution in [3.05, 3.63) is 24.1 Å². The van der Waals surface area contributed by atoms with Crippen LogP contribution in [-0.4, -0.2) is 26.1 Å². The molecule has 0 aliphatic rings. The van der Waals surface area contributed by atoms with E-state index in [1.165, 1.54) is 12.3 Å². The van der Waals surface area contributed by atoms with Crippen molar-refractivity contribution < 1.29 is 4.39 Å². The molecule has 0 aliphatic heterocycles. The number of hydrogen-bond acceptors (Lipinski definition) is 1. The second-order valence-corrected chi connectivity index (χ2v) is 10.2. The van der Waals surface area contributed by atoms with Gasteiger partial charge in [-0.1, -0.05) is 0 Å². The van der Waals surface area contributed by atoms with Gasteiger partial charge in [0.25, 0.3) is 0 Å². The molecule has 3 heteroatoms. The maximum atomic E-state index is 12.5. The molecule has 0 aromatic carbocycles. The third-order valence-corrected chi connectivity index (χ3v) is 4.95. The monoisotopic (exact) mass is 273 g/mol. The molecule has 0 fully saturated rings. The van der Waals surface area contributed by atoms with Crippen molar-refractivity contribution in [2.45, 2.75) is 24.2 Å². The van der Waals surface area contributed by atoms with Gasteiger partial charge >= 0.3 is 82.6 Å². The van der Waals surface area contributed by atoms with Crippen LogP contribution in [0.5, 0.6) is 0 Å². The molecule has 1 aromatic rings. The zero-order chi connectivity index (χ0) is 9.19. The zero-order valence-electron chi connectivity index (χ0n) is 7.56. The molecule has 1 aromatic heterocycles. The van der Waals surface area contributed by atoms with Gasteiger partial charge in [-0.25, -0.2) is 0 Å². The summed E-state index contributed by atoms with van der Waals surface area (Å²) >= 11 is -0.647. The molecule has 0 atom stereocenters. The molecule has 0 N–H and O–H groups in total. The van der Waals surface area contributed by atoms with Crippen molar-refractivity contribution in [2.24, 2.45) is 0 Å². The Kier molecular flexibility index (Phi) is 3.09. The van der Waals surface area contributed by atoms with Crippen LogP contribution in [0.3, 0.4) is 0 Å². The summed E-state index contributed by atoms with van der Waals surface area (Å²) in [7, 11) is 0. The summed E-state index contributed by atoms with van der Waals surface area (Å²) in [6.45, 7) is 6.64. The van der Waals surface area contributed by atoms with Crippen LogP contribution in [0.2, 0.25) is 3.43 Å². The Balaban J connectivity index is 2.71. The van der Waals surface area contributed by atoms with Crippen LogP contribution in [0, 0.1) is 5.82 Å². The molecule has 64 valence electrons. The van der Waals surface area contributed by atoms with E-state index in [0.717, 1.165) is 3.71 Å². The van der Waals surface area contributed by atoms with Crippen LogP contribution in [-0.2, 0) is 0 Å². The van der Waals surface area contributed by atoms with Gasteiger partial charge in [0.2, 0.25) is 0 Å². The van der Waals surface area contributed by atoms with Crippen molar-refractivity contribution in [2.75, 3.05) is 0 Å². The van der Waals surface area contributed by atoms with Crippen LogP contribution in [0.25, 0.3) is 0 Å². The fourth-order valence-corrected chi connectivity index (χ4v) is 3.87. The van der Waals surface area contributed by atoms with Crippen molar-refractivity contribution in [1.29, 1.82) is 0 Å². The molecular formula is C9H12FNSn. The molecular weight excluding hydrogens is 260 g/mol. The quantitative estimate of drug-likeness (QED) is 0.710. The zero-order valence-corrected chi connectivity index (χ0v) is 10.4. The SMILES string of the molecule is C[C](C)(C)[Sn][c]1ccc(F)cn1. The molecule has 0 spiro atoms. The summed E-state index contributed by atoms with van der Waals surface area (Å²) in [6.07, 6.45) is 1.31. The Hall–Kier alpha value is -0.121. The van der Waals surface area contributed by atoms with Gasteiger partial charge in [-0.2, -0.15) is 0 Å². The van der Waals surface area contributed by atoms with E-state index in [-0.39, 0.29) is 5.82 Å². The number of halogens is 1. The Morgan fingerprint density at radius 2 is 2.00 bits per heavy atom. The summed E-state index contributed by atoms with van der Waals surface area (Å²) in [6, 6.07) is 3.31. The Bertz CT molecular complexity index is 250. The number of pyridine rings is 1. The standard InChI is InChI=1S/C5H3FN.C4H9.Sn/c6-5-2-1-3-7-4-5;1-4(2)3;/h1-2,4H;1-3H3;. The van der Waals surface area contributed by atoms with Gasteiger partial charge in [0, 0.05) is 0 Å². The Labute approximate surface area is 82.6 Å². The summed E-state index contributed by atoms with van der Waals surface area (Å²) in [4.78, 5) is 4.06. The van der Waals surface area contributed by atoms with Crippen LogP contribution >= 0.6 is 0 Å². The normalized spacial score (nSPS) is 11.7. The fraction of sp³-hybridized carbons (Fsp3) is 0.444. The van der Waals surface area contributed by atoms with Crippen molar-refractivity contribution >= 4 is 24.9 Å². The van der Waals surface area contributed by atoms with Crippen LogP contribution in [0.4, 0.5) is 4.39 Å². The first-order valence-electron chi connectivity index (χ1n) is 3.87. The maximum absolute atomic E-state index is 12.5. The Morgan fingerprint density at radius 1 is 1.33 bits per heavy atom. The average molecular weight is 272 g/mol. The van der Waals surface area contributed by atoms with E-state index in [1.54, 1.807) is 0 Å². The summed E-state index contributed by atoms with van der Waals surface area (Å²) in [5.74, 6) is -0.243. The molecule has 1 heterocycles. The molecule has 0 unspecified atom stereocenters. The van der Waals surface area contributed by atoms with Gasteiger partial charge < -0.3 is 0 Å². The second kappa shape index (κ2) is 3.73. The summed E-state index contributed by atoms with van der Waals surface area (Å²) < 4.78 is 14.0.